The van der Waals surface area contributed by atoms with Gasteiger partial charge in [-0.15, -0.1) is 0 Å². The molecule has 82 valence electrons. The lowest BCUT2D eigenvalue weighted by molar-refractivity contribution is 0.229. The first-order chi connectivity index (χ1) is 7.15. The van der Waals surface area contributed by atoms with Gasteiger partial charge in [0.05, 0.1) is 18.4 Å². The largest absolute Gasteiger partial charge is 0.489 e. The molecule has 4 heteroatoms. The molecule has 1 aliphatic carbocycles. The van der Waals surface area contributed by atoms with E-state index in [4.69, 9.17) is 21.1 Å². The molecule has 1 aromatic rings. The van der Waals surface area contributed by atoms with Crippen molar-refractivity contribution in [3.63, 3.8) is 0 Å². The Hall–Kier alpha value is -0.960. The highest BCUT2D eigenvalue weighted by Crippen LogP contribution is 2.33. The third-order valence-corrected chi connectivity index (χ3v) is 2.25. The third-order valence-electron chi connectivity index (χ3n) is 1.97. The van der Waals surface area contributed by atoms with E-state index in [1.54, 1.807) is 12.3 Å². The van der Waals surface area contributed by atoms with Crippen LogP contribution >= 0.6 is 11.6 Å². The van der Waals surface area contributed by atoms with Crippen molar-refractivity contribution in [2.45, 2.75) is 38.9 Å². The summed E-state index contributed by atoms with van der Waals surface area (Å²) >= 11 is 5.96. The lowest BCUT2D eigenvalue weighted by Crippen LogP contribution is -2.07. The fraction of sp³-hybridized carbons (Fsp3) is 0.545. The Kier molecular flexibility index (Phi) is 3.00. The molecule has 0 saturated heterocycles. The summed E-state index contributed by atoms with van der Waals surface area (Å²) in [4.78, 5) is 4.07. The number of hydrogen-bond donors (Lipinski definition) is 0. The minimum atomic E-state index is 0.104. The number of pyridine rings is 1. The van der Waals surface area contributed by atoms with E-state index in [1.807, 2.05) is 13.8 Å². The molecule has 0 bridgehead atoms. The predicted molar refractivity (Wildman–Crippen MR) is 58.7 cm³/mol. The highest BCUT2D eigenvalue weighted by Gasteiger charge is 2.24. The molecule has 15 heavy (non-hydrogen) atoms. The van der Waals surface area contributed by atoms with Crippen molar-refractivity contribution in [1.82, 2.24) is 4.98 Å². The number of ether oxygens (including phenoxy) is 2. The monoisotopic (exact) mass is 227 g/mol. The van der Waals surface area contributed by atoms with Gasteiger partial charge in [0.1, 0.15) is 10.8 Å². The van der Waals surface area contributed by atoms with Crippen molar-refractivity contribution < 1.29 is 9.47 Å². The topological polar surface area (TPSA) is 31.4 Å². The molecule has 1 aromatic heterocycles. The van der Waals surface area contributed by atoms with Crippen molar-refractivity contribution in [3.8, 4) is 11.6 Å². The third kappa shape index (κ3) is 2.99. The first kappa shape index (κ1) is 10.6. The van der Waals surface area contributed by atoms with Crippen LogP contribution in [0.2, 0.25) is 5.02 Å². The zero-order valence-electron chi connectivity index (χ0n) is 8.87. The van der Waals surface area contributed by atoms with Crippen LogP contribution in [0, 0.1) is 0 Å². The van der Waals surface area contributed by atoms with Crippen LogP contribution in [-0.4, -0.2) is 17.2 Å². The number of halogens is 1. The van der Waals surface area contributed by atoms with Crippen molar-refractivity contribution in [3.05, 3.63) is 17.3 Å². The van der Waals surface area contributed by atoms with Crippen LogP contribution in [0.25, 0.3) is 0 Å². The summed E-state index contributed by atoms with van der Waals surface area (Å²) in [5, 5.41) is 0.540. The number of rotatable bonds is 4. The van der Waals surface area contributed by atoms with E-state index in [9.17, 15) is 0 Å². The van der Waals surface area contributed by atoms with Gasteiger partial charge in [-0.1, -0.05) is 11.6 Å². The van der Waals surface area contributed by atoms with E-state index in [-0.39, 0.29) is 6.10 Å². The molecule has 0 spiro atoms. The Labute approximate surface area is 94.4 Å². The van der Waals surface area contributed by atoms with Gasteiger partial charge in [-0.3, -0.25) is 0 Å². The zero-order chi connectivity index (χ0) is 10.8. The van der Waals surface area contributed by atoms with Gasteiger partial charge in [-0.25, -0.2) is 4.98 Å². The van der Waals surface area contributed by atoms with Gasteiger partial charge in [0.25, 0.3) is 0 Å². The van der Waals surface area contributed by atoms with Gasteiger partial charge < -0.3 is 9.47 Å². The van der Waals surface area contributed by atoms with Crippen LogP contribution in [0.1, 0.15) is 26.7 Å². The molecule has 3 nitrogen and oxygen atoms in total. The minimum absolute atomic E-state index is 0.104. The number of hydrogen-bond acceptors (Lipinski definition) is 3. The van der Waals surface area contributed by atoms with Crippen molar-refractivity contribution >= 4 is 11.6 Å². The maximum Gasteiger partial charge on any atom is 0.217 e. The Morgan fingerprint density at radius 2 is 2.20 bits per heavy atom. The molecule has 0 aromatic carbocycles. The van der Waals surface area contributed by atoms with E-state index >= 15 is 0 Å². The highest BCUT2D eigenvalue weighted by molar-refractivity contribution is 6.31. The Morgan fingerprint density at radius 3 is 2.80 bits per heavy atom. The van der Waals surface area contributed by atoms with Gasteiger partial charge in [0.15, 0.2) is 0 Å². The highest BCUT2D eigenvalue weighted by atomic mass is 35.5. The summed E-state index contributed by atoms with van der Waals surface area (Å²) in [5.41, 5.74) is 0. The van der Waals surface area contributed by atoms with E-state index in [0.29, 0.717) is 22.8 Å². The van der Waals surface area contributed by atoms with Crippen LogP contribution in [0.4, 0.5) is 0 Å². The SMILES string of the molecule is CC(C)Oc1cc(OC2CC2)c(Cl)cn1. The predicted octanol–water partition coefficient (Wildman–Crippen LogP) is 3.06. The second-order valence-corrected chi connectivity index (χ2v) is 4.34. The molecule has 0 aliphatic heterocycles. The molecule has 1 aliphatic rings. The van der Waals surface area contributed by atoms with Crippen LogP contribution in [0.3, 0.4) is 0 Å². The van der Waals surface area contributed by atoms with Gasteiger partial charge in [-0.2, -0.15) is 0 Å². The number of aromatic nitrogens is 1. The van der Waals surface area contributed by atoms with Gasteiger partial charge in [0, 0.05) is 6.07 Å². The second kappa shape index (κ2) is 4.27. The quantitative estimate of drug-likeness (QED) is 0.792. The maximum atomic E-state index is 5.96. The standard InChI is InChI=1S/C11H14ClNO2/c1-7(2)14-11-5-10(9(12)6-13-11)15-8-3-4-8/h5-8H,3-4H2,1-2H3. The average molecular weight is 228 g/mol. The molecule has 2 rings (SSSR count). The van der Waals surface area contributed by atoms with E-state index < -0.39 is 0 Å². The van der Waals surface area contributed by atoms with E-state index in [0.717, 1.165) is 12.8 Å². The second-order valence-electron chi connectivity index (χ2n) is 3.94. The smallest absolute Gasteiger partial charge is 0.217 e. The Balaban J connectivity index is 2.12. The lowest BCUT2D eigenvalue weighted by atomic mass is 10.4. The summed E-state index contributed by atoms with van der Waals surface area (Å²) in [6.45, 7) is 3.91. The summed E-state index contributed by atoms with van der Waals surface area (Å²) in [5.74, 6) is 1.23. The van der Waals surface area contributed by atoms with Gasteiger partial charge in [0.2, 0.25) is 5.88 Å². The van der Waals surface area contributed by atoms with Crippen LogP contribution in [-0.2, 0) is 0 Å². The minimum Gasteiger partial charge on any atom is -0.489 e. The molecule has 1 saturated carbocycles. The Bertz CT molecular complexity index is 350. The molecule has 1 fully saturated rings. The van der Waals surface area contributed by atoms with Gasteiger partial charge >= 0.3 is 0 Å². The number of nitrogens with zero attached hydrogens (tertiary/aromatic N) is 1. The first-order valence-corrected chi connectivity index (χ1v) is 5.52. The molecular weight excluding hydrogens is 214 g/mol. The average Bonchev–Trinajstić information content (AvgIpc) is 2.94. The lowest BCUT2D eigenvalue weighted by Gasteiger charge is -2.11. The molecule has 1 heterocycles. The van der Waals surface area contributed by atoms with E-state index in [2.05, 4.69) is 4.98 Å². The molecule has 0 N–H and O–H groups in total. The summed E-state index contributed by atoms with van der Waals surface area (Å²) in [7, 11) is 0. The molecular formula is C11H14ClNO2. The zero-order valence-corrected chi connectivity index (χ0v) is 9.62. The maximum absolute atomic E-state index is 5.96. The normalized spacial score (nSPS) is 15.5. The molecule has 0 amide bonds. The molecule has 0 unspecified atom stereocenters. The van der Waals surface area contributed by atoms with Crippen LogP contribution in [0.5, 0.6) is 11.6 Å². The fourth-order valence-electron chi connectivity index (χ4n) is 1.16. The van der Waals surface area contributed by atoms with Crippen molar-refractivity contribution in [2.24, 2.45) is 0 Å². The fourth-order valence-corrected chi connectivity index (χ4v) is 1.31. The van der Waals surface area contributed by atoms with Crippen LogP contribution in [0.15, 0.2) is 12.3 Å². The molecule has 0 radical (unpaired) electrons. The summed E-state index contributed by atoms with van der Waals surface area (Å²) < 4.78 is 11.1. The first-order valence-electron chi connectivity index (χ1n) is 5.14. The van der Waals surface area contributed by atoms with Crippen LogP contribution < -0.4 is 9.47 Å². The summed E-state index contributed by atoms with van der Waals surface area (Å²) in [6.07, 6.45) is 4.22. The summed E-state index contributed by atoms with van der Waals surface area (Å²) in [6, 6.07) is 1.75. The van der Waals surface area contributed by atoms with Crippen molar-refractivity contribution in [1.29, 1.82) is 0 Å². The van der Waals surface area contributed by atoms with Gasteiger partial charge in [-0.05, 0) is 26.7 Å². The van der Waals surface area contributed by atoms with E-state index in [1.165, 1.54) is 0 Å². The van der Waals surface area contributed by atoms with Crippen molar-refractivity contribution in [2.75, 3.05) is 0 Å². The Morgan fingerprint density at radius 1 is 1.47 bits per heavy atom. The molecule has 0 atom stereocenters.